The van der Waals surface area contributed by atoms with E-state index in [4.69, 9.17) is 9.31 Å². The standard InChI is InChI=1S/C14H22BN3O2/c1-11-14(2,3)20-15(19-11)12-4-5-17-13(10-12)18-8-6-16-7-9-18/h4-5,10-11,16H,6-9H2,1-3H3. The smallest absolute Gasteiger partial charge is 0.402 e. The maximum atomic E-state index is 6.01. The van der Waals surface area contributed by atoms with E-state index in [9.17, 15) is 0 Å². The number of nitrogens with zero attached hydrogens (tertiary/aromatic N) is 2. The summed E-state index contributed by atoms with van der Waals surface area (Å²) >= 11 is 0. The Morgan fingerprint density at radius 3 is 2.80 bits per heavy atom. The highest BCUT2D eigenvalue weighted by Crippen LogP contribution is 2.27. The van der Waals surface area contributed by atoms with Gasteiger partial charge in [0.2, 0.25) is 0 Å². The second-order valence-electron chi connectivity index (χ2n) is 6.02. The molecule has 5 nitrogen and oxygen atoms in total. The van der Waals surface area contributed by atoms with Crippen molar-refractivity contribution in [2.24, 2.45) is 0 Å². The lowest BCUT2D eigenvalue weighted by Crippen LogP contribution is -2.44. The van der Waals surface area contributed by atoms with Crippen molar-refractivity contribution in [3.05, 3.63) is 18.3 Å². The van der Waals surface area contributed by atoms with Gasteiger partial charge in [-0.3, -0.25) is 0 Å². The van der Waals surface area contributed by atoms with E-state index in [1.165, 1.54) is 0 Å². The minimum atomic E-state index is -0.287. The van der Waals surface area contributed by atoms with Gasteiger partial charge in [0.15, 0.2) is 0 Å². The minimum absolute atomic E-state index is 0.0864. The predicted molar refractivity (Wildman–Crippen MR) is 80.4 cm³/mol. The van der Waals surface area contributed by atoms with Gasteiger partial charge in [-0.05, 0) is 38.4 Å². The Morgan fingerprint density at radius 1 is 1.40 bits per heavy atom. The molecule has 2 fully saturated rings. The molecular weight excluding hydrogens is 253 g/mol. The van der Waals surface area contributed by atoms with Crippen LogP contribution in [-0.4, -0.2) is 50.0 Å². The summed E-state index contributed by atoms with van der Waals surface area (Å²) in [4.78, 5) is 6.77. The Hall–Kier alpha value is -1.11. The number of anilines is 1. The number of hydrogen-bond donors (Lipinski definition) is 1. The molecule has 0 amide bonds. The Morgan fingerprint density at radius 2 is 2.15 bits per heavy atom. The molecule has 1 aromatic rings. The highest BCUT2D eigenvalue weighted by Gasteiger charge is 2.43. The second kappa shape index (κ2) is 5.35. The van der Waals surface area contributed by atoms with Crippen molar-refractivity contribution in [1.82, 2.24) is 10.3 Å². The van der Waals surface area contributed by atoms with Crippen molar-refractivity contribution in [2.75, 3.05) is 31.1 Å². The van der Waals surface area contributed by atoms with Crippen molar-refractivity contribution in [1.29, 1.82) is 0 Å². The average molecular weight is 275 g/mol. The lowest BCUT2D eigenvalue weighted by molar-refractivity contribution is 0.0842. The molecule has 2 aliphatic heterocycles. The molecule has 6 heteroatoms. The molecule has 2 aliphatic rings. The molecule has 0 saturated carbocycles. The van der Waals surface area contributed by atoms with Gasteiger partial charge in [0.1, 0.15) is 5.82 Å². The second-order valence-corrected chi connectivity index (χ2v) is 6.02. The van der Waals surface area contributed by atoms with E-state index in [0.717, 1.165) is 37.5 Å². The van der Waals surface area contributed by atoms with Gasteiger partial charge in [0, 0.05) is 32.4 Å². The van der Waals surface area contributed by atoms with Gasteiger partial charge in [-0.1, -0.05) is 0 Å². The van der Waals surface area contributed by atoms with E-state index < -0.39 is 0 Å². The molecule has 1 aromatic heterocycles. The number of nitrogens with one attached hydrogen (secondary N) is 1. The molecule has 3 heterocycles. The van der Waals surface area contributed by atoms with E-state index >= 15 is 0 Å². The molecule has 0 aromatic carbocycles. The third-order valence-electron chi connectivity index (χ3n) is 4.20. The fourth-order valence-electron chi connectivity index (χ4n) is 2.54. The zero-order chi connectivity index (χ0) is 14.2. The molecule has 0 spiro atoms. The summed E-state index contributed by atoms with van der Waals surface area (Å²) in [5.74, 6) is 1.01. The first kappa shape index (κ1) is 13.9. The van der Waals surface area contributed by atoms with E-state index in [0.29, 0.717) is 0 Å². The molecule has 0 radical (unpaired) electrons. The van der Waals surface area contributed by atoms with Crippen LogP contribution < -0.4 is 15.7 Å². The Bertz CT molecular complexity index is 477. The van der Waals surface area contributed by atoms with Crippen molar-refractivity contribution in [2.45, 2.75) is 32.5 Å². The lowest BCUT2D eigenvalue weighted by Gasteiger charge is -2.28. The minimum Gasteiger partial charge on any atom is -0.402 e. The van der Waals surface area contributed by atoms with Crippen LogP contribution in [0.4, 0.5) is 5.82 Å². The monoisotopic (exact) mass is 275 g/mol. The average Bonchev–Trinajstić information content (AvgIpc) is 2.74. The maximum absolute atomic E-state index is 6.01. The van der Waals surface area contributed by atoms with Crippen LogP contribution in [0.2, 0.25) is 0 Å². The SMILES string of the molecule is CC1OB(c2ccnc(N3CCNCC3)c2)OC1(C)C. The Kier molecular flexibility index (Phi) is 3.71. The number of piperazine rings is 1. The third-order valence-corrected chi connectivity index (χ3v) is 4.20. The third kappa shape index (κ3) is 2.68. The van der Waals surface area contributed by atoms with E-state index in [1.54, 1.807) is 0 Å². The topological polar surface area (TPSA) is 46.6 Å². The Labute approximate surface area is 120 Å². The normalized spacial score (nSPS) is 26.1. The van der Waals surface area contributed by atoms with E-state index in [-0.39, 0.29) is 18.8 Å². The largest absolute Gasteiger partial charge is 0.494 e. The van der Waals surface area contributed by atoms with Gasteiger partial charge < -0.3 is 19.5 Å². The zero-order valence-electron chi connectivity index (χ0n) is 12.4. The van der Waals surface area contributed by atoms with Gasteiger partial charge in [-0.25, -0.2) is 4.98 Å². The van der Waals surface area contributed by atoms with Crippen LogP contribution in [0.25, 0.3) is 0 Å². The first-order valence-corrected chi connectivity index (χ1v) is 7.31. The first-order chi connectivity index (χ1) is 9.56. The predicted octanol–water partition coefficient (Wildman–Crippen LogP) is 0.400. The van der Waals surface area contributed by atoms with Crippen LogP contribution in [0.1, 0.15) is 20.8 Å². The molecule has 2 saturated heterocycles. The van der Waals surface area contributed by atoms with Crippen molar-refractivity contribution in [3.8, 4) is 0 Å². The van der Waals surface area contributed by atoms with Crippen LogP contribution in [0.3, 0.4) is 0 Å². The quantitative estimate of drug-likeness (QED) is 0.792. The fraction of sp³-hybridized carbons (Fsp3) is 0.643. The van der Waals surface area contributed by atoms with Crippen LogP contribution in [0.15, 0.2) is 18.3 Å². The maximum Gasteiger partial charge on any atom is 0.494 e. The summed E-state index contributed by atoms with van der Waals surface area (Å²) in [6.07, 6.45) is 1.93. The lowest BCUT2D eigenvalue weighted by atomic mass is 9.80. The molecule has 0 aliphatic carbocycles. The summed E-state index contributed by atoms with van der Waals surface area (Å²) in [6.45, 7) is 10.2. The van der Waals surface area contributed by atoms with Gasteiger partial charge in [-0.15, -0.1) is 0 Å². The zero-order valence-corrected chi connectivity index (χ0v) is 12.4. The van der Waals surface area contributed by atoms with Crippen LogP contribution in [0, 0.1) is 0 Å². The van der Waals surface area contributed by atoms with Gasteiger partial charge in [0.05, 0.1) is 11.7 Å². The number of rotatable bonds is 2. The molecule has 108 valence electrons. The molecule has 20 heavy (non-hydrogen) atoms. The summed E-state index contributed by atoms with van der Waals surface area (Å²) in [5, 5.41) is 3.35. The molecule has 3 rings (SSSR count). The van der Waals surface area contributed by atoms with Crippen molar-refractivity contribution < 1.29 is 9.31 Å². The van der Waals surface area contributed by atoms with Gasteiger partial charge >= 0.3 is 7.12 Å². The number of pyridine rings is 1. The summed E-state index contributed by atoms with van der Waals surface area (Å²) < 4.78 is 11.9. The molecule has 1 atom stereocenters. The van der Waals surface area contributed by atoms with Crippen LogP contribution in [-0.2, 0) is 9.31 Å². The van der Waals surface area contributed by atoms with Crippen LogP contribution in [0.5, 0.6) is 0 Å². The number of aromatic nitrogens is 1. The van der Waals surface area contributed by atoms with Crippen molar-refractivity contribution >= 4 is 18.4 Å². The summed E-state index contributed by atoms with van der Waals surface area (Å²) in [7, 11) is -0.287. The van der Waals surface area contributed by atoms with Gasteiger partial charge in [-0.2, -0.15) is 0 Å². The van der Waals surface area contributed by atoms with Gasteiger partial charge in [0.25, 0.3) is 0 Å². The summed E-state index contributed by atoms with van der Waals surface area (Å²) in [6, 6.07) is 4.06. The highest BCUT2D eigenvalue weighted by atomic mass is 16.7. The van der Waals surface area contributed by atoms with E-state index in [1.807, 2.05) is 12.3 Å². The molecule has 0 bridgehead atoms. The molecular formula is C14H22BN3O2. The number of hydrogen-bond acceptors (Lipinski definition) is 5. The first-order valence-electron chi connectivity index (χ1n) is 7.31. The van der Waals surface area contributed by atoms with Crippen LogP contribution >= 0.6 is 0 Å². The molecule has 1 unspecified atom stereocenters. The highest BCUT2D eigenvalue weighted by molar-refractivity contribution is 6.62. The molecule has 1 N–H and O–H groups in total. The fourth-order valence-corrected chi connectivity index (χ4v) is 2.54. The Balaban J connectivity index is 1.78. The van der Waals surface area contributed by atoms with Crippen molar-refractivity contribution in [3.63, 3.8) is 0 Å². The van der Waals surface area contributed by atoms with E-state index in [2.05, 4.69) is 42.0 Å². The summed E-state index contributed by atoms with van der Waals surface area (Å²) in [5.41, 5.74) is 0.800.